The van der Waals surface area contributed by atoms with Gasteiger partial charge in [0.25, 0.3) is 0 Å². The van der Waals surface area contributed by atoms with E-state index in [1.807, 2.05) is 47.4 Å². The Balaban J connectivity index is 2.30. The number of nitrogens with zero attached hydrogens (tertiary/aromatic N) is 1. The third kappa shape index (κ3) is 3.73. The van der Waals surface area contributed by atoms with Crippen LogP contribution in [0.2, 0.25) is 5.02 Å². The fourth-order valence-corrected chi connectivity index (χ4v) is 2.34. The highest BCUT2D eigenvalue weighted by Gasteiger charge is 2.12. The highest BCUT2D eigenvalue weighted by atomic mass is 35.5. The first kappa shape index (κ1) is 14.9. The molecule has 0 aliphatic carbocycles. The fraction of sp³-hybridized carbons (Fsp3) is 0.250. The molecule has 2 rings (SSSR count). The van der Waals surface area contributed by atoms with E-state index in [4.69, 9.17) is 11.6 Å². The Labute approximate surface area is 124 Å². The second-order valence-electron chi connectivity index (χ2n) is 4.56. The van der Waals surface area contributed by atoms with Crippen molar-refractivity contribution in [1.82, 2.24) is 0 Å². The zero-order valence-corrected chi connectivity index (χ0v) is 11.9. The Morgan fingerprint density at radius 3 is 2.40 bits per heavy atom. The van der Waals surface area contributed by atoms with Crippen LogP contribution in [-0.4, -0.2) is 23.4 Å². The zero-order valence-electron chi connectivity index (χ0n) is 11.2. The molecule has 0 bridgehead atoms. The summed E-state index contributed by atoms with van der Waals surface area (Å²) in [6, 6.07) is 15.4. The quantitative estimate of drug-likeness (QED) is 0.860. The largest absolute Gasteiger partial charge is 0.395 e. The molecule has 0 aromatic heterocycles. The van der Waals surface area contributed by atoms with Gasteiger partial charge in [0.2, 0.25) is 0 Å². The van der Waals surface area contributed by atoms with Gasteiger partial charge in [-0.15, -0.1) is 0 Å². The van der Waals surface area contributed by atoms with Gasteiger partial charge in [0, 0.05) is 29.4 Å². The number of anilines is 1. The van der Waals surface area contributed by atoms with E-state index in [-0.39, 0.29) is 13.2 Å². The van der Waals surface area contributed by atoms with Crippen molar-refractivity contribution in [3.05, 3.63) is 64.7 Å². The van der Waals surface area contributed by atoms with Crippen molar-refractivity contribution in [3.8, 4) is 0 Å². The summed E-state index contributed by atoms with van der Waals surface area (Å²) in [5, 5.41) is 19.4. The maximum Gasteiger partial charge on any atom is 0.0702 e. The molecule has 0 radical (unpaired) electrons. The van der Waals surface area contributed by atoms with Crippen molar-refractivity contribution in [1.29, 1.82) is 0 Å². The lowest BCUT2D eigenvalue weighted by molar-refractivity contribution is 0.280. The molecule has 2 N–H and O–H groups in total. The van der Waals surface area contributed by atoms with Gasteiger partial charge in [0.15, 0.2) is 0 Å². The van der Waals surface area contributed by atoms with Gasteiger partial charge in [0.05, 0.1) is 13.2 Å². The third-order valence-electron chi connectivity index (χ3n) is 3.14. The molecule has 0 saturated carbocycles. The molecule has 0 spiro atoms. The molecule has 0 amide bonds. The predicted molar refractivity (Wildman–Crippen MR) is 82.0 cm³/mol. The van der Waals surface area contributed by atoms with Crippen molar-refractivity contribution < 1.29 is 10.2 Å². The summed E-state index contributed by atoms with van der Waals surface area (Å²) < 4.78 is 0. The molecule has 4 heteroatoms. The summed E-state index contributed by atoms with van der Waals surface area (Å²) in [6.07, 6.45) is 0. The van der Waals surface area contributed by atoms with Crippen molar-refractivity contribution in [2.75, 3.05) is 18.1 Å². The van der Waals surface area contributed by atoms with Gasteiger partial charge in [0.1, 0.15) is 0 Å². The van der Waals surface area contributed by atoms with Crippen LogP contribution in [0.5, 0.6) is 0 Å². The van der Waals surface area contributed by atoms with Gasteiger partial charge in [-0.1, -0.05) is 48.0 Å². The van der Waals surface area contributed by atoms with Crippen LogP contribution in [0.4, 0.5) is 5.69 Å². The average molecular weight is 292 g/mol. The molecular weight excluding hydrogens is 274 g/mol. The van der Waals surface area contributed by atoms with Crippen molar-refractivity contribution in [3.63, 3.8) is 0 Å². The molecule has 20 heavy (non-hydrogen) atoms. The van der Waals surface area contributed by atoms with Crippen LogP contribution < -0.4 is 4.90 Å². The minimum absolute atomic E-state index is 0.0458. The Bertz CT molecular complexity index is 545. The van der Waals surface area contributed by atoms with E-state index < -0.39 is 0 Å². The van der Waals surface area contributed by atoms with E-state index >= 15 is 0 Å². The van der Waals surface area contributed by atoms with E-state index in [1.165, 1.54) is 0 Å². The summed E-state index contributed by atoms with van der Waals surface area (Å²) >= 11 is 6.05. The van der Waals surface area contributed by atoms with Gasteiger partial charge in [-0.25, -0.2) is 0 Å². The number of benzene rings is 2. The molecule has 0 fully saturated rings. The summed E-state index contributed by atoms with van der Waals surface area (Å²) in [7, 11) is 0. The molecule has 0 atom stereocenters. The van der Waals surface area contributed by atoms with Crippen LogP contribution in [0.15, 0.2) is 48.5 Å². The normalized spacial score (nSPS) is 10.6. The van der Waals surface area contributed by atoms with Crippen LogP contribution in [0.25, 0.3) is 0 Å². The topological polar surface area (TPSA) is 43.7 Å². The van der Waals surface area contributed by atoms with Gasteiger partial charge >= 0.3 is 0 Å². The molecule has 3 nitrogen and oxygen atoms in total. The highest BCUT2D eigenvalue weighted by molar-refractivity contribution is 6.30. The summed E-state index contributed by atoms with van der Waals surface area (Å²) in [5.41, 5.74) is 2.81. The second kappa shape index (κ2) is 7.29. The zero-order chi connectivity index (χ0) is 14.4. The maximum atomic E-state index is 9.46. The van der Waals surface area contributed by atoms with Gasteiger partial charge < -0.3 is 15.1 Å². The number of aliphatic hydroxyl groups is 2. The van der Waals surface area contributed by atoms with Crippen LogP contribution in [-0.2, 0) is 13.2 Å². The van der Waals surface area contributed by atoms with Crippen molar-refractivity contribution >= 4 is 17.3 Å². The standard InChI is InChI=1S/C16H18ClNO2/c17-15-7-6-14(12-20)16(10-15)18(8-9-19)11-13-4-2-1-3-5-13/h1-7,10,19-20H,8-9,11-12H2. The van der Waals surface area contributed by atoms with Crippen molar-refractivity contribution in [2.24, 2.45) is 0 Å². The monoisotopic (exact) mass is 291 g/mol. The Morgan fingerprint density at radius 2 is 1.75 bits per heavy atom. The van der Waals surface area contributed by atoms with Gasteiger partial charge in [-0.05, 0) is 17.7 Å². The molecule has 0 saturated heterocycles. The molecule has 106 valence electrons. The minimum Gasteiger partial charge on any atom is -0.395 e. The van der Waals surface area contributed by atoms with Crippen LogP contribution >= 0.6 is 11.6 Å². The summed E-state index contributed by atoms with van der Waals surface area (Å²) in [6.45, 7) is 1.14. The Kier molecular flexibility index (Phi) is 5.41. The molecule has 0 heterocycles. The third-order valence-corrected chi connectivity index (χ3v) is 3.38. The first-order chi connectivity index (χ1) is 9.74. The molecule has 2 aromatic rings. The fourth-order valence-electron chi connectivity index (χ4n) is 2.17. The van der Waals surface area contributed by atoms with Crippen LogP contribution in [0.1, 0.15) is 11.1 Å². The SMILES string of the molecule is OCCN(Cc1ccccc1)c1cc(Cl)ccc1CO. The van der Waals surface area contributed by atoms with E-state index in [0.717, 1.165) is 16.8 Å². The number of halogens is 1. The minimum atomic E-state index is -0.0524. The number of aliphatic hydroxyl groups excluding tert-OH is 2. The summed E-state index contributed by atoms with van der Waals surface area (Å²) in [4.78, 5) is 2.02. The first-order valence-electron chi connectivity index (χ1n) is 6.53. The summed E-state index contributed by atoms with van der Waals surface area (Å²) in [5.74, 6) is 0. The van der Waals surface area contributed by atoms with E-state index in [2.05, 4.69) is 0 Å². The smallest absolute Gasteiger partial charge is 0.0702 e. The predicted octanol–water partition coefficient (Wildman–Crippen LogP) is 2.83. The Morgan fingerprint density at radius 1 is 1.00 bits per heavy atom. The highest BCUT2D eigenvalue weighted by Crippen LogP contribution is 2.26. The van der Waals surface area contributed by atoms with Crippen molar-refractivity contribution in [2.45, 2.75) is 13.2 Å². The van der Waals surface area contributed by atoms with E-state index in [1.54, 1.807) is 6.07 Å². The average Bonchev–Trinajstić information content (AvgIpc) is 2.48. The van der Waals surface area contributed by atoms with Crippen LogP contribution in [0.3, 0.4) is 0 Å². The molecule has 2 aromatic carbocycles. The van der Waals surface area contributed by atoms with Crippen LogP contribution in [0, 0.1) is 0 Å². The number of hydrogen-bond donors (Lipinski definition) is 2. The van der Waals surface area contributed by atoms with E-state index in [0.29, 0.717) is 18.1 Å². The lowest BCUT2D eigenvalue weighted by Gasteiger charge is -2.26. The lowest BCUT2D eigenvalue weighted by atomic mass is 10.1. The second-order valence-corrected chi connectivity index (χ2v) is 5.00. The first-order valence-corrected chi connectivity index (χ1v) is 6.91. The number of hydrogen-bond acceptors (Lipinski definition) is 3. The van der Waals surface area contributed by atoms with Gasteiger partial charge in [-0.3, -0.25) is 0 Å². The molecule has 0 aliphatic heterocycles. The van der Waals surface area contributed by atoms with Gasteiger partial charge in [-0.2, -0.15) is 0 Å². The van der Waals surface area contributed by atoms with E-state index in [9.17, 15) is 10.2 Å². The number of rotatable bonds is 6. The maximum absolute atomic E-state index is 9.46. The molecule has 0 aliphatic rings. The lowest BCUT2D eigenvalue weighted by Crippen LogP contribution is -2.27. The molecular formula is C16H18ClNO2. The Hall–Kier alpha value is -1.55. The molecule has 0 unspecified atom stereocenters.